The van der Waals surface area contributed by atoms with E-state index in [0.717, 1.165) is 44.9 Å². The molecule has 17 unspecified atom stereocenters. The Bertz CT molecular complexity index is 2080. The summed E-state index contributed by atoms with van der Waals surface area (Å²) in [6, 6.07) is -0.992. The molecule has 19 heteroatoms. The van der Waals surface area contributed by atoms with Gasteiger partial charge in [0, 0.05) is 6.42 Å². The lowest BCUT2D eigenvalue weighted by Crippen LogP contribution is -2.66. The number of amides is 1. The topological polar surface area (TPSA) is 307 Å². The zero-order chi connectivity index (χ0) is 76.0. The van der Waals surface area contributed by atoms with Gasteiger partial charge in [0.15, 0.2) is 18.9 Å². The number of nitrogens with one attached hydrogen (secondary N) is 1. The summed E-state index contributed by atoms with van der Waals surface area (Å²) in [5, 5.41) is 121. The predicted molar refractivity (Wildman–Crippen MR) is 420 cm³/mol. The molecule has 0 aromatic carbocycles. The van der Waals surface area contributed by atoms with Gasteiger partial charge in [-0.05, 0) is 64.2 Å². The number of carbonyl (C=O) groups excluding carboxylic acids is 1. The lowest BCUT2D eigenvalue weighted by atomic mass is 9.96. The molecule has 3 rings (SSSR count). The van der Waals surface area contributed by atoms with E-state index in [0.29, 0.717) is 12.8 Å². The lowest BCUT2D eigenvalue weighted by Gasteiger charge is -2.48. The standard InChI is InChI=1S/C86H159NO18/c1-3-5-7-9-11-13-15-17-19-21-23-25-27-29-31-33-34-36-37-39-41-43-45-47-49-51-53-55-57-59-61-63-70(91)69(87-74(92)64-62-60-58-56-54-52-50-48-46-44-42-40-38-35-32-30-28-26-24-22-20-18-16-14-12-10-8-6-4-2)68-100-84-80(98)77(95)82(72(66-89)102-84)105-86-81(99)78(96)83(73(67-90)103-86)104-85-79(97)76(94)75(93)71(65-88)101-85/h16,18,22,24,53,55,61,63,69-73,75-86,88-91,93-99H,3-15,17,19-21,23,25-52,54,56-60,62,64-68H2,1-2H3,(H,87,92)/b18-16-,24-22-,55-53+,63-61+. The normalized spacial score (nSPS) is 26.0. The number of allylic oxidation sites excluding steroid dienone is 7. The van der Waals surface area contributed by atoms with Crippen LogP contribution in [0.5, 0.6) is 0 Å². The summed E-state index contributed by atoms with van der Waals surface area (Å²) in [6.07, 6.45) is 58.3. The number of hydrogen-bond acceptors (Lipinski definition) is 18. The second-order valence-corrected chi connectivity index (χ2v) is 31.0. The Morgan fingerprint density at radius 1 is 0.343 bits per heavy atom. The summed E-state index contributed by atoms with van der Waals surface area (Å²) in [6.45, 7) is 1.76. The van der Waals surface area contributed by atoms with E-state index in [4.69, 9.17) is 28.4 Å². The van der Waals surface area contributed by atoms with Crippen LogP contribution in [-0.4, -0.2) is 193 Å². The fourth-order valence-electron chi connectivity index (χ4n) is 14.7. The maximum absolute atomic E-state index is 13.5. The van der Waals surface area contributed by atoms with Gasteiger partial charge < -0.3 is 89.9 Å². The number of rotatable bonds is 70. The van der Waals surface area contributed by atoms with Crippen LogP contribution in [0, 0.1) is 0 Å². The molecule has 3 heterocycles. The van der Waals surface area contributed by atoms with Gasteiger partial charge in [-0.3, -0.25) is 4.79 Å². The van der Waals surface area contributed by atoms with E-state index < -0.39 is 124 Å². The second kappa shape index (κ2) is 66.4. The number of aliphatic hydroxyl groups excluding tert-OH is 11. The fourth-order valence-corrected chi connectivity index (χ4v) is 14.7. The Balaban J connectivity index is 1.36. The van der Waals surface area contributed by atoms with Gasteiger partial charge in [-0.15, -0.1) is 0 Å². The molecule has 616 valence electrons. The number of unbranched alkanes of at least 4 members (excludes halogenated alkanes) is 48. The van der Waals surface area contributed by atoms with Gasteiger partial charge in [0.25, 0.3) is 0 Å². The first-order chi connectivity index (χ1) is 51.3. The highest BCUT2D eigenvalue weighted by Crippen LogP contribution is 2.33. The number of hydrogen-bond donors (Lipinski definition) is 12. The molecule has 0 aromatic heterocycles. The van der Waals surface area contributed by atoms with Crippen LogP contribution in [0.2, 0.25) is 0 Å². The number of aliphatic hydroxyl groups is 11. The van der Waals surface area contributed by atoms with E-state index in [2.05, 4.69) is 55.6 Å². The molecule has 12 N–H and O–H groups in total. The Morgan fingerprint density at radius 2 is 0.638 bits per heavy atom. The summed E-state index contributed by atoms with van der Waals surface area (Å²) in [5.74, 6) is -0.280. The third-order valence-corrected chi connectivity index (χ3v) is 21.6. The molecule has 3 fully saturated rings. The van der Waals surface area contributed by atoms with Crippen LogP contribution in [0.15, 0.2) is 48.6 Å². The molecule has 17 atom stereocenters. The average Bonchev–Trinajstić information content (AvgIpc) is 0.781. The van der Waals surface area contributed by atoms with Crippen molar-refractivity contribution in [3.8, 4) is 0 Å². The maximum Gasteiger partial charge on any atom is 0.220 e. The van der Waals surface area contributed by atoms with Crippen molar-refractivity contribution in [1.29, 1.82) is 0 Å². The molecule has 0 saturated carbocycles. The Kier molecular flexibility index (Phi) is 61.3. The van der Waals surface area contributed by atoms with Gasteiger partial charge in [0.1, 0.15) is 73.2 Å². The molecule has 1 amide bonds. The van der Waals surface area contributed by atoms with Crippen LogP contribution >= 0.6 is 0 Å². The molecule has 0 bridgehead atoms. The van der Waals surface area contributed by atoms with E-state index in [1.807, 2.05) is 6.08 Å². The monoisotopic (exact) mass is 1490 g/mol. The van der Waals surface area contributed by atoms with Crippen molar-refractivity contribution in [2.45, 2.75) is 465 Å². The molecule has 0 spiro atoms. The van der Waals surface area contributed by atoms with Crippen LogP contribution in [-0.2, 0) is 33.2 Å². The third kappa shape index (κ3) is 45.8. The smallest absolute Gasteiger partial charge is 0.220 e. The van der Waals surface area contributed by atoms with Gasteiger partial charge in [-0.2, -0.15) is 0 Å². The molecule has 0 aromatic rings. The van der Waals surface area contributed by atoms with E-state index >= 15 is 0 Å². The lowest BCUT2D eigenvalue weighted by molar-refractivity contribution is -0.379. The molecule has 19 nitrogen and oxygen atoms in total. The summed E-state index contributed by atoms with van der Waals surface area (Å²) in [5.41, 5.74) is 0. The summed E-state index contributed by atoms with van der Waals surface area (Å²) in [7, 11) is 0. The average molecular weight is 1500 g/mol. The van der Waals surface area contributed by atoms with E-state index in [-0.39, 0.29) is 18.9 Å². The zero-order valence-corrected chi connectivity index (χ0v) is 66.2. The van der Waals surface area contributed by atoms with Crippen LogP contribution in [0.3, 0.4) is 0 Å². The summed E-state index contributed by atoms with van der Waals surface area (Å²) >= 11 is 0. The number of ether oxygens (including phenoxy) is 6. The van der Waals surface area contributed by atoms with Gasteiger partial charge in [-0.25, -0.2) is 0 Å². The Labute approximate surface area is 637 Å². The van der Waals surface area contributed by atoms with Crippen molar-refractivity contribution in [3.63, 3.8) is 0 Å². The van der Waals surface area contributed by atoms with Crippen molar-refractivity contribution >= 4 is 5.91 Å². The SMILES string of the molecule is CCCCCCC/C=C\C/C=C\CCCCCCCCCCCCCCCCCCCC(=O)NC(COC1OC(CO)C(OC2OC(CO)C(OC3OC(CO)C(O)C(O)C3O)C(O)C2O)C(O)C1O)C(O)/C=C/CC/C=C/CCCCCCCCCCCCCCCCCCCCCCCCCCC. The van der Waals surface area contributed by atoms with Crippen LogP contribution < -0.4 is 5.32 Å². The highest BCUT2D eigenvalue weighted by Gasteiger charge is 2.54. The Hall–Kier alpha value is -2.25. The van der Waals surface area contributed by atoms with Crippen LogP contribution in [0.4, 0.5) is 0 Å². The van der Waals surface area contributed by atoms with Crippen molar-refractivity contribution in [2.75, 3.05) is 26.4 Å². The van der Waals surface area contributed by atoms with Gasteiger partial charge >= 0.3 is 0 Å². The van der Waals surface area contributed by atoms with Gasteiger partial charge in [0.2, 0.25) is 5.91 Å². The molecule has 105 heavy (non-hydrogen) atoms. The summed E-state index contributed by atoms with van der Waals surface area (Å²) in [4.78, 5) is 13.5. The first-order valence-electron chi connectivity index (χ1n) is 43.4. The minimum Gasteiger partial charge on any atom is -0.394 e. The number of carbonyl (C=O) groups is 1. The van der Waals surface area contributed by atoms with Gasteiger partial charge in [-0.1, -0.05) is 339 Å². The van der Waals surface area contributed by atoms with Gasteiger partial charge in [0.05, 0.1) is 38.6 Å². The maximum atomic E-state index is 13.5. The molecule has 0 radical (unpaired) electrons. The molecule has 0 aliphatic carbocycles. The quantitative estimate of drug-likeness (QED) is 0.0199. The molecule has 3 aliphatic heterocycles. The molecule has 3 saturated heterocycles. The van der Waals surface area contributed by atoms with Crippen molar-refractivity contribution < 1.29 is 89.4 Å². The van der Waals surface area contributed by atoms with E-state index in [9.17, 15) is 61.0 Å². The highest BCUT2D eigenvalue weighted by molar-refractivity contribution is 5.76. The minimum atomic E-state index is -1.98. The van der Waals surface area contributed by atoms with Crippen LogP contribution in [0.1, 0.15) is 361 Å². The largest absolute Gasteiger partial charge is 0.394 e. The predicted octanol–water partition coefficient (Wildman–Crippen LogP) is 15.6. The summed E-state index contributed by atoms with van der Waals surface area (Å²) < 4.78 is 34.5. The fraction of sp³-hybridized carbons (Fsp3) is 0.895. The van der Waals surface area contributed by atoms with E-state index in [1.54, 1.807) is 6.08 Å². The van der Waals surface area contributed by atoms with E-state index in [1.165, 1.54) is 283 Å². The van der Waals surface area contributed by atoms with Crippen LogP contribution in [0.25, 0.3) is 0 Å². The van der Waals surface area contributed by atoms with Crippen molar-refractivity contribution in [3.05, 3.63) is 48.6 Å². The van der Waals surface area contributed by atoms with Crippen molar-refractivity contribution in [2.24, 2.45) is 0 Å². The Morgan fingerprint density at radius 3 is 1.01 bits per heavy atom. The molecule has 3 aliphatic rings. The third-order valence-electron chi connectivity index (χ3n) is 21.6. The highest BCUT2D eigenvalue weighted by atomic mass is 16.8. The zero-order valence-electron chi connectivity index (χ0n) is 66.2. The first kappa shape index (κ1) is 96.9. The molecular formula is C86H159NO18. The minimum absolute atomic E-state index is 0.237. The second-order valence-electron chi connectivity index (χ2n) is 31.0. The molecular weight excluding hydrogens is 1330 g/mol. The van der Waals surface area contributed by atoms with Crippen molar-refractivity contribution in [1.82, 2.24) is 5.32 Å². The first-order valence-corrected chi connectivity index (χ1v) is 43.4.